The number of nitrogens with one attached hydrogen (secondary N) is 1. The lowest BCUT2D eigenvalue weighted by Crippen LogP contribution is -2.49. The number of Topliss-reactive ketones (excluding diaryl/α,β-unsaturated/α-hetero) is 1. The summed E-state index contributed by atoms with van der Waals surface area (Å²) in [7, 11) is 0. The van der Waals surface area contributed by atoms with Crippen LogP contribution in [0.15, 0.2) is 18.5 Å². The molecule has 2 heterocycles. The highest BCUT2D eigenvalue weighted by molar-refractivity contribution is 5.97. The van der Waals surface area contributed by atoms with E-state index in [4.69, 9.17) is 11.5 Å². The van der Waals surface area contributed by atoms with Gasteiger partial charge in [-0.15, -0.1) is 0 Å². The SMILES string of the molecule is NCCCCC(NC(=O)CN)C(=O)N1CCCC1c1cncc(C(=O)C2CCC(F)CC2)c1. The number of amides is 2. The number of carbonyl (C=O) groups excluding carboxylic acids is 3. The molecule has 2 aliphatic rings. The van der Waals surface area contributed by atoms with Gasteiger partial charge in [-0.2, -0.15) is 0 Å². The molecule has 0 spiro atoms. The van der Waals surface area contributed by atoms with Crippen LogP contribution in [-0.2, 0) is 9.59 Å². The van der Waals surface area contributed by atoms with Crippen LogP contribution in [0.3, 0.4) is 0 Å². The molecule has 5 N–H and O–H groups in total. The van der Waals surface area contributed by atoms with Crippen LogP contribution < -0.4 is 16.8 Å². The van der Waals surface area contributed by atoms with Gasteiger partial charge in [0.05, 0.1) is 12.6 Å². The number of rotatable bonds is 10. The number of pyridine rings is 1. The van der Waals surface area contributed by atoms with Crippen molar-refractivity contribution in [2.75, 3.05) is 19.6 Å². The molecule has 1 saturated carbocycles. The zero-order valence-electron chi connectivity index (χ0n) is 19.2. The van der Waals surface area contributed by atoms with Crippen molar-refractivity contribution in [1.82, 2.24) is 15.2 Å². The fourth-order valence-electron chi connectivity index (χ4n) is 4.91. The first-order chi connectivity index (χ1) is 15.9. The molecule has 1 aliphatic heterocycles. The van der Waals surface area contributed by atoms with Crippen LogP contribution in [-0.4, -0.2) is 59.3 Å². The number of unbranched alkanes of at least 4 members (excludes halogenated alkanes) is 1. The summed E-state index contributed by atoms with van der Waals surface area (Å²) < 4.78 is 13.5. The number of ketones is 1. The molecule has 0 aromatic carbocycles. The molecule has 9 heteroatoms. The quantitative estimate of drug-likeness (QED) is 0.361. The second-order valence-corrected chi connectivity index (χ2v) is 9.12. The van der Waals surface area contributed by atoms with Gasteiger partial charge in [0.1, 0.15) is 12.2 Å². The van der Waals surface area contributed by atoms with Gasteiger partial charge in [0, 0.05) is 30.4 Å². The number of likely N-dealkylation sites (tertiary alicyclic amines) is 1. The highest BCUT2D eigenvalue weighted by Crippen LogP contribution is 2.34. The van der Waals surface area contributed by atoms with E-state index in [1.54, 1.807) is 17.3 Å². The third-order valence-electron chi connectivity index (χ3n) is 6.76. The number of halogens is 1. The van der Waals surface area contributed by atoms with E-state index in [2.05, 4.69) is 10.3 Å². The van der Waals surface area contributed by atoms with E-state index in [1.807, 2.05) is 6.07 Å². The molecule has 1 aromatic heterocycles. The minimum Gasteiger partial charge on any atom is -0.343 e. The normalized spacial score (nSPS) is 23.8. The van der Waals surface area contributed by atoms with Crippen molar-refractivity contribution in [2.45, 2.75) is 76.0 Å². The van der Waals surface area contributed by atoms with Gasteiger partial charge in [0.25, 0.3) is 0 Å². The first-order valence-corrected chi connectivity index (χ1v) is 12.1. The van der Waals surface area contributed by atoms with Crippen LogP contribution in [0.1, 0.15) is 79.8 Å². The Kier molecular flexibility index (Phi) is 9.31. The molecule has 0 radical (unpaired) electrons. The predicted molar refractivity (Wildman–Crippen MR) is 123 cm³/mol. The summed E-state index contributed by atoms with van der Waals surface area (Å²) in [5.41, 5.74) is 12.4. The largest absolute Gasteiger partial charge is 0.343 e. The molecule has 1 aromatic rings. The number of nitrogens with two attached hydrogens (primary N) is 2. The van der Waals surface area contributed by atoms with Gasteiger partial charge < -0.3 is 21.7 Å². The van der Waals surface area contributed by atoms with Crippen LogP contribution in [0.5, 0.6) is 0 Å². The molecule has 0 bridgehead atoms. The molecule has 2 amide bonds. The first kappa shape index (κ1) is 25.2. The van der Waals surface area contributed by atoms with Gasteiger partial charge in [-0.25, -0.2) is 4.39 Å². The van der Waals surface area contributed by atoms with E-state index < -0.39 is 12.2 Å². The van der Waals surface area contributed by atoms with Crippen molar-refractivity contribution in [3.8, 4) is 0 Å². The summed E-state index contributed by atoms with van der Waals surface area (Å²) in [4.78, 5) is 44.4. The molecule has 1 saturated heterocycles. The number of nitrogens with zero attached hydrogens (tertiary/aromatic N) is 2. The monoisotopic (exact) mass is 461 g/mol. The van der Waals surface area contributed by atoms with E-state index in [0.717, 1.165) is 31.2 Å². The van der Waals surface area contributed by atoms with Gasteiger partial charge in [-0.3, -0.25) is 19.4 Å². The fourth-order valence-corrected chi connectivity index (χ4v) is 4.91. The molecule has 3 rings (SSSR count). The maximum Gasteiger partial charge on any atom is 0.245 e. The minimum absolute atomic E-state index is 0.00185. The van der Waals surface area contributed by atoms with Crippen LogP contribution in [0.2, 0.25) is 0 Å². The number of hydrogen-bond acceptors (Lipinski definition) is 6. The molecule has 2 unspecified atom stereocenters. The molecular formula is C24H36FN5O3. The summed E-state index contributed by atoms with van der Waals surface area (Å²) in [5, 5.41) is 2.75. The Morgan fingerprint density at radius 1 is 1.12 bits per heavy atom. The predicted octanol–water partition coefficient (Wildman–Crippen LogP) is 2.03. The first-order valence-electron chi connectivity index (χ1n) is 12.1. The maximum atomic E-state index is 13.5. The van der Waals surface area contributed by atoms with Crippen molar-refractivity contribution in [1.29, 1.82) is 0 Å². The molecule has 8 nitrogen and oxygen atoms in total. The minimum atomic E-state index is -0.811. The van der Waals surface area contributed by atoms with E-state index in [0.29, 0.717) is 50.8 Å². The number of carbonyl (C=O) groups is 3. The van der Waals surface area contributed by atoms with E-state index in [1.165, 1.54) is 0 Å². The van der Waals surface area contributed by atoms with Crippen LogP contribution >= 0.6 is 0 Å². The van der Waals surface area contributed by atoms with Crippen molar-refractivity contribution in [3.05, 3.63) is 29.6 Å². The summed E-state index contributed by atoms with van der Waals surface area (Å²) in [5.74, 6) is -0.681. The van der Waals surface area contributed by atoms with Crippen LogP contribution in [0.4, 0.5) is 4.39 Å². The van der Waals surface area contributed by atoms with Gasteiger partial charge in [0.2, 0.25) is 11.8 Å². The lowest BCUT2D eigenvalue weighted by atomic mass is 9.83. The van der Waals surface area contributed by atoms with Gasteiger partial charge in [-0.05, 0) is 76.0 Å². The molecule has 2 fully saturated rings. The Hall–Kier alpha value is -2.39. The molecule has 182 valence electrons. The van der Waals surface area contributed by atoms with Crippen molar-refractivity contribution in [3.63, 3.8) is 0 Å². The smallest absolute Gasteiger partial charge is 0.245 e. The van der Waals surface area contributed by atoms with Gasteiger partial charge >= 0.3 is 0 Å². The zero-order valence-corrected chi connectivity index (χ0v) is 19.2. The second kappa shape index (κ2) is 12.2. The summed E-state index contributed by atoms with van der Waals surface area (Å²) in [6.45, 7) is 0.925. The molecular weight excluding hydrogens is 425 g/mol. The molecule has 2 atom stereocenters. The van der Waals surface area contributed by atoms with Crippen molar-refractivity contribution < 1.29 is 18.8 Å². The Morgan fingerprint density at radius 2 is 1.88 bits per heavy atom. The third-order valence-corrected chi connectivity index (χ3v) is 6.76. The highest BCUT2D eigenvalue weighted by Gasteiger charge is 2.35. The number of aromatic nitrogens is 1. The highest BCUT2D eigenvalue weighted by atomic mass is 19.1. The van der Waals surface area contributed by atoms with E-state index >= 15 is 0 Å². The topological polar surface area (TPSA) is 131 Å². The van der Waals surface area contributed by atoms with Gasteiger partial charge in [0.15, 0.2) is 5.78 Å². The second-order valence-electron chi connectivity index (χ2n) is 9.12. The number of alkyl halides is 1. The fraction of sp³-hybridized carbons (Fsp3) is 0.667. The zero-order chi connectivity index (χ0) is 23.8. The Labute approximate surface area is 194 Å². The third kappa shape index (κ3) is 6.57. The average molecular weight is 462 g/mol. The molecule has 33 heavy (non-hydrogen) atoms. The molecule has 1 aliphatic carbocycles. The Morgan fingerprint density at radius 3 is 2.58 bits per heavy atom. The maximum absolute atomic E-state index is 13.5. The lowest BCUT2D eigenvalue weighted by Gasteiger charge is -2.30. The van der Waals surface area contributed by atoms with Crippen LogP contribution in [0.25, 0.3) is 0 Å². The van der Waals surface area contributed by atoms with Gasteiger partial charge in [-0.1, -0.05) is 0 Å². The Bertz CT molecular complexity index is 828. The summed E-state index contributed by atoms with van der Waals surface area (Å²) in [6.07, 6.45) is 8.00. The number of hydrogen-bond donors (Lipinski definition) is 3. The lowest BCUT2D eigenvalue weighted by molar-refractivity contribution is -0.137. The van der Waals surface area contributed by atoms with E-state index in [-0.39, 0.29) is 36.1 Å². The van der Waals surface area contributed by atoms with Crippen LogP contribution in [0, 0.1) is 5.92 Å². The summed E-state index contributed by atoms with van der Waals surface area (Å²) in [6, 6.07) is 0.975. The standard InChI is InChI=1S/C24H36FN5O3/c25-19-8-6-16(7-9-19)23(32)18-12-17(14-28-15-18)21-5-3-11-30(21)24(33)20(4-1-2-10-26)29-22(31)13-27/h12,14-16,19-21H,1-11,13,26-27H2,(H,29,31). The Balaban J connectivity index is 1.74. The van der Waals surface area contributed by atoms with Crippen molar-refractivity contribution in [2.24, 2.45) is 17.4 Å². The summed E-state index contributed by atoms with van der Waals surface area (Å²) >= 11 is 0. The average Bonchev–Trinajstić information content (AvgIpc) is 3.33. The van der Waals surface area contributed by atoms with E-state index in [9.17, 15) is 18.8 Å². The van der Waals surface area contributed by atoms with Crippen molar-refractivity contribution >= 4 is 17.6 Å².